The molecule has 2 aliphatic heterocycles. The fourth-order valence-electron chi connectivity index (χ4n) is 4.11. The molecule has 2 aliphatic rings. The maximum atomic E-state index is 12.4. The Labute approximate surface area is 207 Å². The summed E-state index contributed by atoms with van der Waals surface area (Å²) in [5, 5.41) is 19.4. The first-order valence-electron chi connectivity index (χ1n) is 12.4. The number of hydrogen-bond acceptors (Lipinski definition) is 7. The number of rotatable bonds is 6. The lowest BCUT2D eigenvalue weighted by Gasteiger charge is -2.39. The second kappa shape index (κ2) is 11.0. The van der Waals surface area contributed by atoms with Crippen molar-refractivity contribution in [1.82, 2.24) is 14.7 Å². The van der Waals surface area contributed by atoms with Gasteiger partial charge in [-0.25, -0.2) is 4.79 Å². The molecule has 9 heteroatoms. The number of nitrogens with zero attached hydrogens (tertiary/aromatic N) is 5. The third-order valence-corrected chi connectivity index (χ3v) is 11.6. The van der Waals surface area contributed by atoms with Crippen molar-refractivity contribution in [2.45, 2.75) is 90.6 Å². The molecular weight excluding hydrogens is 446 g/mol. The minimum absolute atomic E-state index is 0.164. The third kappa shape index (κ3) is 7.13. The second-order valence-corrected chi connectivity index (χ2v) is 16.6. The van der Waals surface area contributed by atoms with Gasteiger partial charge in [0.05, 0.1) is 0 Å². The zero-order valence-electron chi connectivity index (χ0n) is 22.4. The normalized spacial score (nSPS) is 18.1. The van der Waals surface area contributed by atoms with Crippen molar-refractivity contribution < 1.29 is 14.0 Å². The van der Waals surface area contributed by atoms with Crippen molar-refractivity contribution in [3.8, 4) is 12.1 Å². The maximum Gasteiger partial charge on any atom is 0.410 e. The van der Waals surface area contributed by atoms with Crippen molar-refractivity contribution in [3.63, 3.8) is 0 Å². The first-order valence-corrected chi connectivity index (χ1v) is 15.3. The molecule has 0 aromatic carbocycles. The van der Waals surface area contributed by atoms with Gasteiger partial charge in [-0.05, 0) is 58.2 Å². The number of carbonyl (C=O) groups is 1. The molecule has 0 aromatic rings. The molecule has 0 atom stereocenters. The molecule has 2 heterocycles. The molecule has 8 nitrogen and oxygen atoms in total. The fraction of sp³-hybridized carbons (Fsp3) is 0.800. The predicted octanol–water partition coefficient (Wildman–Crippen LogP) is 4.67. The van der Waals surface area contributed by atoms with Gasteiger partial charge in [-0.1, -0.05) is 20.8 Å². The Hall–Kier alpha value is -2.23. The number of likely N-dealkylation sites (tertiary alicyclic amines) is 1. The summed E-state index contributed by atoms with van der Waals surface area (Å²) in [4.78, 5) is 18.5. The standard InChI is InChI=1S/C25H43N5O3Si/c1-24(2,3)33-23(31)29-13-10-21(11-14-29)30-16-15-28(22(30)20(18-26)19-27)12-9-17-32-34(7,8)25(4,5)6/h21H,9-17H2,1-8H3. The van der Waals surface area contributed by atoms with Crippen LogP contribution >= 0.6 is 0 Å². The van der Waals surface area contributed by atoms with Crippen LogP contribution in [0.4, 0.5) is 4.79 Å². The van der Waals surface area contributed by atoms with E-state index in [1.807, 2.05) is 20.8 Å². The summed E-state index contributed by atoms with van der Waals surface area (Å²) in [7, 11) is -1.79. The summed E-state index contributed by atoms with van der Waals surface area (Å²) in [5.74, 6) is 0.744. The molecular formula is C25H43N5O3Si. The minimum Gasteiger partial charge on any atom is -0.444 e. The highest BCUT2D eigenvalue weighted by molar-refractivity contribution is 6.74. The van der Waals surface area contributed by atoms with Crippen LogP contribution in [0.15, 0.2) is 11.4 Å². The van der Waals surface area contributed by atoms with E-state index in [1.54, 1.807) is 4.90 Å². The van der Waals surface area contributed by atoms with E-state index in [0.29, 0.717) is 19.7 Å². The molecule has 2 fully saturated rings. The van der Waals surface area contributed by atoms with Crippen molar-refractivity contribution in [3.05, 3.63) is 11.4 Å². The van der Waals surface area contributed by atoms with Crippen LogP contribution in [0.2, 0.25) is 18.1 Å². The minimum atomic E-state index is -1.79. The number of allylic oxidation sites excluding steroid dienone is 1. The van der Waals surface area contributed by atoms with Crippen LogP contribution in [0.1, 0.15) is 60.8 Å². The van der Waals surface area contributed by atoms with E-state index in [4.69, 9.17) is 9.16 Å². The number of hydrogen-bond donors (Lipinski definition) is 0. The Morgan fingerprint density at radius 2 is 1.62 bits per heavy atom. The molecule has 1 amide bonds. The van der Waals surface area contributed by atoms with Crippen LogP contribution < -0.4 is 0 Å². The first kappa shape index (κ1) is 28.0. The van der Waals surface area contributed by atoms with Gasteiger partial charge in [0.1, 0.15) is 23.6 Å². The number of ether oxygens (including phenoxy) is 1. The van der Waals surface area contributed by atoms with E-state index in [1.165, 1.54) is 0 Å². The average Bonchev–Trinajstić information content (AvgIpc) is 3.14. The van der Waals surface area contributed by atoms with E-state index < -0.39 is 13.9 Å². The van der Waals surface area contributed by atoms with Crippen LogP contribution in [-0.4, -0.2) is 80.1 Å². The molecule has 34 heavy (non-hydrogen) atoms. The number of piperidine rings is 1. The average molecular weight is 490 g/mol. The summed E-state index contributed by atoms with van der Waals surface area (Å²) >= 11 is 0. The molecule has 0 unspecified atom stereocenters. The Morgan fingerprint density at radius 3 is 2.12 bits per heavy atom. The number of nitriles is 2. The molecule has 0 spiro atoms. The van der Waals surface area contributed by atoms with Gasteiger partial charge in [-0.2, -0.15) is 10.5 Å². The molecule has 0 radical (unpaired) electrons. The van der Waals surface area contributed by atoms with Crippen molar-refractivity contribution in [2.24, 2.45) is 0 Å². The lowest BCUT2D eigenvalue weighted by Crippen LogP contribution is -2.47. The number of amides is 1. The first-order chi connectivity index (χ1) is 15.7. The van der Waals surface area contributed by atoms with Crippen molar-refractivity contribution in [1.29, 1.82) is 10.5 Å². The van der Waals surface area contributed by atoms with E-state index in [2.05, 4.69) is 55.8 Å². The lowest BCUT2D eigenvalue weighted by atomic mass is 10.0. The van der Waals surface area contributed by atoms with Crippen LogP contribution in [0.5, 0.6) is 0 Å². The highest BCUT2D eigenvalue weighted by Crippen LogP contribution is 2.36. The highest BCUT2D eigenvalue weighted by atomic mass is 28.4. The van der Waals surface area contributed by atoms with Gasteiger partial charge >= 0.3 is 6.09 Å². The summed E-state index contributed by atoms with van der Waals surface area (Å²) < 4.78 is 11.8. The quantitative estimate of drug-likeness (QED) is 0.304. The van der Waals surface area contributed by atoms with E-state index in [9.17, 15) is 15.3 Å². The van der Waals surface area contributed by atoms with E-state index in [-0.39, 0.29) is 22.7 Å². The van der Waals surface area contributed by atoms with Gasteiger partial charge in [0.25, 0.3) is 0 Å². The maximum absolute atomic E-state index is 12.4. The van der Waals surface area contributed by atoms with E-state index >= 15 is 0 Å². The molecule has 0 saturated carbocycles. The largest absolute Gasteiger partial charge is 0.444 e. The Kier molecular flexibility index (Phi) is 9.07. The summed E-state index contributed by atoms with van der Waals surface area (Å²) in [6, 6.07) is 4.41. The summed E-state index contributed by atoms with van der Waals surface area (Å²) in [6.07, 6.45) is 2.15. The Morgan fingerprint density at radius 1 is 1.03 bits per heavy atom. The predicted molar refractivity (Wildman–Crippen MR) is 135 cm³/mol. The van der Waals surface area contributed by atoms with Crippen molar-refractivity contribution >= 4 is 14.4 Å². The molecule has 0 aliphatic carbocycles. The monoisotopic (exact) mass is 489 g/mol. The topological polar surface area (TPSA) is 92.8 Å². The van der Waals surface area contributed by atoms with Crippen molar-refractivity contribution in [2.75, 3.05) is 39.3 Å². The zero-order valence-corrected chi connectivity index (χ0v) is 23.4. The highest BCUT2D eigenvalue weighted by Gasteiger charge is 2.38. The number of carbonyl (C=O) groups excluding carboxylic acids is 1. The molecule has 0 N–H and O–H groups in total. The summed E-state index contributed by atoms with van der Waals surface area (Å²) in [6.45, 7) is 21.0. The van der Waals surface area contributed by atoms with Gasteiger partial charge in [0, 0.05) is 45.4 Å². The van der Waals surface area contributed by atoms with E-state index in [0.717, 1.165) is 44.7 Å². The van der Waals surface area contributed by atoms with Gasteiger partial charge in [0.2, 0.25) is 0 Å². The van der Waals surface area contributed by atoms with Gasteiger partial charge in [0.15, 0.2) is 13.9 Å². The Bertz CT molecular complexity index is 821. The van der Waals surface area contributed by atoms with Crippen LogP contribution in [0.3, 0.4) is 0 Å². The molecule has 0 aromatic heterocycles. The smallest absolute Gasteiger partial charge is 0.410 e. The molecule has 190 valence electrons. The summed E-state index contributed by atoms with van der Waals surface area (Å²) in [5.41, 5.74) is -0.348. The van der Waals surface area contributed by atoms with Gasteiger partial charge in [-0.3, -0.25) is 0 Å². The zero-order chi connectivity index (χ0) is 25.7. The Balaban J connectivity index is 2.00. The third-order valence-electron chi connectivity index (χ3n) is 7.03. The molecule has 0 bridgehead atoms. The van der Waals surface area contributed by atoms with Crippen LogP contribution in [0.25, 0.3) is 0 Å². The fourth-order valence-corrected chi connectivity index (χ4v) is 5.20. The SMILES string of the molecule is CC(C)(C)OC(=O)N1CCC(N2CCN(CCCO[Si](C)(C)C(C)(C)C)C2=C(C#N)C#N)CC1. The van der Waals surface area contributed by atoms with Gasteiger partial charge < -0.3 is 23.9 Å². The van der Waals surface area contributed by atoms with Crippen LogP contribution in [-0.2, 0) is 9.16 Å². The molecule has 2 rings (SSSR count). The van der Waals surface area contributed by atoms with Gasteiger partial charge in [-0.15, -0.1) is 0 Å². The second-order valence-electron chi connectivity index (χ2n) is 11.8. The lowest BCUT2D eigenvalue weighted by molar-refractivity contribution is 0.0164. The molecule has 2 saturated heterocycles. The van der Waals surface area contributed by atoms with Crippen LogP contribution in [0, 0.1) is 22.7 Å².